The minimum Gasteiger partial charge on any atom is -0.763 e. The molecule has 2 aliphatic rings. The normalized spacial score (nSPS) is 23.6. The quantitative estimate of drug-likeness (QED) is 0.327. The van der Waals surface area contributed by atoms with Crippen LogP contribution in [0.15, 0.2) is 5.57 Å². The van der Waals surface area contributed by atoms with Gasteiger partial charge in [0.1, 0.15) is 24.0 Å². The number of carbonyl (C=O) groups excluding carboxylic acids is 1. The fraction of sp³-hybridized carbons (Fsp3) is 0.583. The summed E-state index contributed by atoms with van der Waals surface area (Å²) in [5.41, 5.74) is 0.302. The van der Waals surface area contributed by atoms with E-state index in [9.17, 15) is 4.79 Å². The topological polar surface area (TPSA) is 88.9 Å². The van der Waals surface area contributed by atoms with Gasteiger partial charge in [0.05, 0.1) is 26.3 Å². The number of carbonyl (C=O) groups is 1. The SMILES string of the molecule is C[NH+]1CCOCC1.N#CC1CC(=C=[N-])C(=S)NC1=O. The van der Waals surface area contributed by atoms with Crippen molar-refractivity contribution in [1.29, 1.82) is 5.26 Å². The van der Waals surface area contributed by atoms with Gasteiger partial charge in [-0.2, -0.15) is 5.26 Å². The summed E-state index contributed by atoms with van der Waals surface area (Å²) in [6.45, 7) is 4.26. The van der Waals surface area contributed by atoms with Crippen LogP contribution >= 0.6 is 12.2 Å². The van der Waals surface area contributed by atoms with Crippen molar-refractivity contribution in [3.8, 4) is 6.07 Å². The van der Waals surface area contributed by atoms with Gasteiger partial charge in [0.2, 0.25) is 5.91 Å². The van der Waals surface area contributed by atoms with Crippen molar-refractivity contribution in [2.75, 3.05) is 33.4 Å². The van der Waals surface area contributed by atoms with E-state index in [1.807, 2.05) is 5.87 Å². The van der Waals surface area contributed by atoms with Gasteiger partial charge in [-0.3, -0.25) is 10.7 Å². The number of hydrogen-bond acceptors (Lipinski definition) is 4. The number of nitriles is 1. The molecule has 0 saturated carbocycles. The number of hydrogen-bond donors (Lipinski definition) is 2. The average molecular weight is 280 g/mol. The second-order valence-electron chi connectivity index (χ2n) is 4.36. The van der Waals surface area contributed by atoms with Crippen LogP contribution in [0.1, 0.15) is 6.42 Å². The molecule has 1 atom stereocenters. The van der Waals surface area contributed by atoms with Crippen LogP contribution in [0, 0.1) is 17.2 Å². The van der Waals surface area contributed by atoms with Crippen LogP contribution in [0.5, 0.6) is 0 Å². The fourth-order valence-electron chi connectivity index (χ4n) is 1.58. The molecule has 1 unspecified atom stereocenters. The third-order valence-electron chi connectivity index (χ3n) is 2.87. The molecule has 2 heterocycles. The molecule has 0 spiro atoms. The van der Waals surface area contributed by atoms with E-state index in [0.717, 1.165) is 13.2 Å². The van der Waals surface area contributed by atoms with Gasteiger partial charge in [0, 0.05) is 12.0 Å². The molecule has 2 saturated heterocycles. The van der Waals surface area contributed by atoms with Crippen molar-refractivity contribution in [2.45, 2.75) is 6.42 Å². The summed E-state index contributed by atoms with van der Waals surface area (Å²) >= 11 is 4.70. The van der Waals surface area contributed by atoms with Crippen LogP contribution in [-0.4, -0.2) is 50.1 Å². The Hall–Kier alpha value is -1.58. The van der Waals surface area contributed by atoms with Crippen molar-refractivity contribution < 1.29 is 14.4 Å². The third kappa shape index (κ3) is 4.89. The number of piperidine rings is 1. The van der Waals surface area contributed by atoms with Gasteiger partial charge >= 0.3 is 0 Å². The summed E-state index contributed by atoms with van der Waals surface area (Å²) in [5, 5.41) is 19.3. The lowest BCUT2D eigenvalue weighted by atomic mass is 9.97. The molecule has 2 aliphatic heterocycles. The molecule has 19 heavy (non-hydrogen) atoms. The fourth-order valence-corrected chi connectivity index (χ4v) is 1.81. The molecule has 102 valence electrons. The van der Waals surface area contributed by atoms with Crippen molar-refractivity contribution >= 4 is 29.0 Å². The zero-order chi connectivity index (χ0) is 14.3. The zero-order valence-corrected chi connectivity index (χ0v) is 11.5. The van der Waals surface area contributed by atoms with Crippen LogP contribution in [-0.2, 0) is 9.53 Å². The van der Waals surface area contributed by atoms with Gasteiger partial charge in [0.25, 0.3) is 0 Å². The maximum Gasteiger partial charge on any atom is 0.242 e. The monoisotopic (exact) mass is 280 g/mol. The van der Waals surface area contributed by atoms with Gasteiger partial charge in [-0.15, -0.1) is 0 Å². The van der Waals surface area contributed by atoms with Crippen LogP contribution in [0.25, 0.3) is 5.41 Å². The summed E-state index contributed by atoms with van der Waals surface area (Å²) in [7, 11) is 2.20. The number of morpholine rings is 1. The van der Waals surface area contributed by atoms with E-state index >= 15 is 0 Å². The smallest absolute Gasteiger partial charge is 0.242 e. The standard InChI is InChI=1S/C7H4N3OS.C5H11NO/c8-2-4-1-5(3-9)7(12)10-6(4)11;1-6-2-4-7-5-3-6/h4H,1H2,(H,10,11,12);2-5H2,1H3/q-1;/p+1. The number of thiocarbonyl (C=S) groups is 1. The Morgan fingerprint density at radius 3 is 2.58 bits per heavy atom. The first-order valence-electron chi connectivity index (χ1n) is 5.98. The molecule has 2 fully saturated rings. The Labute approximate surface area is 117 Å². The van der Waals surface area contributed by atoms with E-state index in [-0.39, 0.29) is 11.4 Å². The molecule has 1 amide bonds. The number of amides is 1. The second kappa shape index (κ2) is 7.77. The highest BCUT2D eigenvalue weighted by Gasteiger charge is 2.26. The molecule has 0 bridgehead atoms. The van der Waals surface area contributed by atoms with E-state index in [4.69, 9.17) is 27.6 Å². The average Bonchev–Trinajstić information content (AvgIpc) is 2.41. The number of ether oxygens (including phenoxy) is 1. The highest BCUT2D eigenvalue weighted by molar-refractivity contribution is 7.80. The summed E-state index contributed by atoms with van der Waals surface area (Å²) < 4.78 is 5.12. The van der Waals surface area contributed by atoms with Gasteiger partial charge in [-0.05, 0) is 0 Å². The maximum absolute atomic E-state index is 11.0. The minimum absolute atomic E-state index is 0.137. The molecule has 0 aliphatic carbocycles. The molecule has 0 aromatic rings. The van der Waals surface area contributed by atoms with Crippen molar-refractivity contribution in [3.05, 3.63) is 11.0 Å². The molecule has 6 nitrogen and oxygen atoms in total. The minimum atomic E-state index is -0.772. The highest BCUT2D eigenvalue weighted by Crippen LogP contribution is 2.15. The largest absolute Gasteiger partial charge is 0.763 e. The highest BCUT2D eigenvalue weighted by atomic mass is 32.1. The Morgan fingerprint density at radius 1 is 1.53 bits per heavy atom. The van der Waals surface area contributed by atoms with Gasteiger partial charge in [0.15, 0.2) is 0 Å². The summed E-state index contributed by atoms with van der Waals surface area (Å²) in [4.78, 5) is 12.7. The first-order valence-corrected chi connectivity index (χ1v) is 6.39. The van der Waals surface area contributed by atoms with Crippen LogP contribution in [0.2, 0.25) is 0 Å². The Kier molecular flexibility index (Phi) is 6.33. The summed E-state index contributed by atoms with van der Waals surface area (Å²) in [6, 6.07) is 1.79. The van der Waals surface area contributed by atoms with E-state index in [0.29, 0.717) is 5.57 Å². The maximum atomic E-state index is 11.0. The van der Waals surface area contributed by atoms with Gasteiger partial charge < -0.3 is 20.4 Å². The molecular formula is C12H16N4O2S. The van der Waals surface area contributed by atoms with E-state index in [1.54, 1.807) is 11.0 Å². The predicted octanol–water partition coefficient (Wildman–Crippen LogP) is -1.33. The van der Waals surface area contributed by atoms with E-state index in [1.165, 1.54) is 13.1 Å². The first-order chi connectivity index (χ1) is 9.08. The number of rotatable bonds is 0. The number of quaternary nitrogens is 1. The summed E-state index contributed by atoms with van der Waals surface area (Å²) in [6.07, 6.45) is 0.137. The Balaban J connectivity index is 0.000000218. The van der Waals surface area contributed by atoms with Gasteiger partial charge in [-0.1, -0.05) is 12.2 Å². The number of nitrogens with one attached hydrogen (secondary N) is 2. The zero-order valence-electron chi connectivity index (χ0n) is 10.7. The molecule has 2 rings (SSSR count). The lowest BCUT2D eigenvalue weighted by Crippen LogP contribution is -3.11. The van der Waals surface area contributed by atoms with Crippen molar-refractivity contribution in [2.24, 2.45) is 5.92 Å². The lowest BCUT2D eigenvalue weighted by molar-refractivity contribution is -0.888. The third-order valence-corrected chi connectivity index (χ3v) is 3.22. The van der Waals surface area contributed by atoms with E-state index < -0.39 is 11.8 Å². The molecule has 2 N–H and O–H groups in total. The van der Waals surface area contributed by atoms with Crippen molar-refractivity contribution in [3.63, 3.8) is 0 Å². The molecule has 0 aromatic carbocycles. The van der Waals surface area contributed by atoms with Crippen LogP contribution < -0.4 is 10.2 Å². The molecule has 0 radical (unpaired) electrons. The lowest BCUT2D eigenvalue weighted by Gasteiger charge is -2.19. The molecular weight excluding hydrogens is 264 g/mol. The molecule has 0 aromatic heterocycles. The Morgan fingerprint density at radius 2 is 2.16 bits per heavy atom. The summed E-state index contributed by atoms with van der Waals surface area (Å²) in [5.74, 6) is 0.661. The predicted molar refractivity (Wildman–Crippen MR) is 73.8 cm³/mol. The van der Waals surface area contributed by atoms with Gasteiger partial charge in [-0.25, -0.2) is 0 Å². The van der Waals surface area contributed by atoms with Crippen LogP contribution in [0.3, 0.4) is 0 Å². The number of nitrogens with zero attached hydrogens (tertiary/aromatic N) is 2. The molecule has 7 heteroatoms. The van der Waals surface area contributed by atoms with Crippen molar-refractivity contribution in [1.82, 2.24) is 5.32 Å². The van der Waals surface area contributed by atoms with Crippen LogP contribution in [0.4, 0.5) is 0 Å². The number of likely N-dealkylation sites (N-methyl/N-ethyl adjacent to an activating group) is 1. The Bertz CT molecular complexity index is 445. The second-order valence-corrected chi connectivity index (χ2v) is 4.77. The van der Waals surface area contributed by atoms with E-state index in [2.05, 4.69) is 12.4 Å². The first kappa shape index (κ1) is 15.5.